The molecule has 0 aliphatic heterocycles. The average Bonchev–Trinajstić information content (AvgIpc) is 2.67. The summed E-state index contributed by atoms with van der Waals surface area (Å²) in [4.78, 5) is 0. The lowest BCUT2D eigenvalue weighted by Crippen LogP contribution is -2.27. The average molecular weight is 200 g/mol. The molecule has 2 unspecified atom stereocenters. The van der Waals surface area contributed by atoms with E-state index >= 15 is 0 Å². The van der Waals surface area contributed by atoms with Gasteiger partial charge in [-0.25, -0.2) is 0 Å². The van der Waals surface area contributed by atoms with Crippen LogP contribution in [0.25, 0.3) is 0 Å². The van der Waals surface area contributed by atoms with E-state index in [9.17, 15) is 10.2 Å². The third-order valence-corrected chi connectivity index (χ3v) is 3.68. The molecule has 0 bridgehead atoms. The fourth-order valence-corrected chi connectivity index (χ4v) is 2.21. The summed E-state index contributed by atoms with van der Waals surface area (Å²) >= 11 is 0. The molecule has 0 amide bonds. The summed E-state index contributed by atoms with van der Waals surface area (Å²) in [6.07, 6.45) is 6.95. The minimum Gasteiger partial charge on any atom is -0.393 e. The lowest BCUT2D eigenvalue weighted by atomic mass is 9.90. The molecule has 2 N–H and O–H groups in total. The molecule has 1 aliphatic rings. The highest BCUT2D eigenvalue weighted by atomic mass is 16.3. The zero-order valence-corrected chi connectivity index (χ0v) is 9.50. The Hall–Kier alpha value is -0.0800. The van der Waals surface area contributed by atoms with Crippen molar-refractivity contribution in [1.29, 1.82) is 0 Å². The molecule has 0 radical (unpaired) electrons. The van der Waals surface area contributed by atoms with Crippen LogP contribution in [0.4, 0.5) is 0 Å². The highest BCUT2D eigenvalue weighted by Gasteiger charge is 2.25. The molecule has 0 heterocycles. The van der Waals surface area contributed by atoms with Gasteiger partial charge in [0, 0.05) is 0 Å². The van der Waals surface area contributed by atoms with Crippen molar-refractivity contribution in [2.75, 3.05) is 0 Å². The molecular weight excluding hydrogens is 176 g/mol. The second-order valence-corrected chi connectivity index (χ2v) is 5.00. The van der Waals surface area contributed by atoms with E-state index in [1.54, 1.807) is 0 Å². The monoisotopic (exact) mass is 200 g/mol. The van der Waals surface area contributed by atoms with Gasteiger partial charge in [0.15, 0.2) is 0 Å². The van der Waals surface area contributed by atoms with E-state index in [2.05, 4.69) is 0 Å². The van der Waals surface area contributed by atoms with Crippen molar-refractivity contribution in [3.8, 4) is 0 Å². The van der Waals surface area contributed by atoms with E-state index < -0.39 is 5.60 Å². The minimum absolute atomic E-state index is 0.185. The van der Waals surface area contributed by atoms with Gasteiger partial charge >= 0.3 is 0 Å². The first-order valence-corrected chi connectivity index (χ1v) is 5.95. The van der Waals surface area contributed by atoms with Crippen molar-refractivity contribution in [3.05, 3.63) is 0 Å². The smallest absolute Gasteiger partial charge is 0.0618 e. The Bertz CT molecular complexity index is 160. The molecule has 0 aromatic rings. The Labute approximate surface area is 87.3 Å². The summed E-state index contributed by atoms with van der Waals surface area (Å²) < 4.78 is 0. The molecule has 84 valence electrons. The van der Waals surface area contributed by atoms with Crippen molar-refractivity contribution in [3.63, 3.8) is 0 Å². The molecule has 2 atom stereocenters. The van der Waals surface area contributed by atoms with Crippen LogP contribution in [0, 0.1) is 5.92 Å². The van der Waals surface area contributed by atoms with E-state index in [-0.39, 0.29) is 6.10 Å². The molecule has 14 heavy (non-hydrogen) atoms. The molecule has 1 fully saturated rings. The van der Waals surface area contributed by atoms with Crippen LogP contribution in [0.2, 0.25) is 0 Å². The maximum Gasteiger partial charge on any atom is 0.0618 e. The Morgan fingerprint density at radius 1 is 1.36 bits per heavy atom. The third kappa shape index (κ3) is 3.58. The van der Waals surface area contributed by atoms with E-state index in [0.717, 1.165) is 19.3 Å². The Morgan fingerprint density at radius 2 is 1.93 bits per heavy atom. The van der Waals surface area contributed by atoms with Gasteiger partial charge in [-0.3, -0.25) is 0 Å². The van der Waals surface area contributed by atoms with Gasteiger partial charge in [0.2, 0.25) is 0 Å². The summed E-state index contributed by atoms with van der Waals surface area (Å²) in [5, 5.41) is 19.7. The van der Waals surface area contributed by atoms with Gasteiger partial charge < -0.3 is 10.2 Å². The SMILES string of the molecule is CCC(C)(O)CCC(O)C1CCCC1. The van der Waals surface area contributed by atoms with E-state index in [0.29, 0.717) is 5.92 Å². The van der Waals surface area contributed by atoms with Gasteiger partial charge in [0.25, 0.3) is 0 Å². The number of aliphatic hydroxyl groups is 2. The zero-order valence-electron chi connectivity index (χ0n) is 9.50. The van der Waals surface area contributed by atoms with Crippen LogP contribution < -0.4 is 0 Å². The predicted molar refractivity (Wildman–Crippen MR) is 58.1 cm³/mol. The van der Waals surface area contributed by atoms with Crippen molar-refractivity contribution < 1.29 is 10.2 Å². The largest absolute Gasteiger partial charge is 0.393 e. The number of rotatable bonds is 5. The fraction of sp³-hybridized carbons (Fsp3) is 1.00. The lowest BCUT2D eigenvalue weighted by Gasteiger charge is -2.25. The van der Waals surface area contributed by atoms with Gasteiger partial charge in [-0.2, -0.15) is 0 Å². The topological polar surface area (TPSA) is 40.5 Å². The molecule has 0 aromatic carbocycles. The van der Waals surface area contributed by atoms with E-state index in [4.69, 9.17) is 0 Å². The zero-order chi connectivity index (χ0) is 10.6. The molecule has 0 saturated heterocycles. The van der Waals surface area contributed by atoms with Crippen LogP contribution in [0.1, 0.15) is 58.8 Å². The van der Waals surface area contributed by atoms with E-state index in [1.165, 1.54) is 25.7 Å². The molecule has 0 spiro atoms. The van der Waals surface area contributed by atoms with Gasteiger partial charge in [0.1, 0.15) is 0 Å². The van der Waals surface area contributed by atoms with Crippen LogP contribution in [0.15, 0.2) is 0 Å². The summed E-state index contributed by atoms with van der Waals surface area (Å²) in [5.41, 5.74) is -0.584. The maximum atomic E-state index is 9.90. The van der Waals surface area contributed by atoms with E-state index in [1.807, 2.05) is 13.8 Å². The van der Waals surface area contributed by atoms with Gasteiger partial charge in [-0.15, -0.1) is 0 Å². The maximum absolute atomic E-state index is 9.90. The summed E-state index contributed by atoms with van der Waals surface area (Å²) in [7, 11) is 0. The highest BCUT2D eigenvalue weighted by Crippen LogP contribution is 2.30. The lowest BCUT2D eigenvalue weighted by molar-refractivity contribution is 0.0179. The Morgan fingerprint density at radius 3 is 2.43 bits per heavy atom. The van der Waals surface area contributed by atoms with Crippen LogP contribution in [0.5, 0.6) is 0 Å². The quantitative estimate of drug-likeness (QED) is 0.715. The minimum atomic E-state index is -0.584. The van der Waals surface area contributed by atoms with Gasteiger partial charge in [0.05, 0.1) is 11.7 Å². The number of hydrogen-bond acceptors (Lipinski definition) is 2. The first kappa shape index (κ1) is 12.0. The molecule has 1 rings (SSSR count). The Kier molecular flexibility index (Phi) is 4.39. The van der Waals surface area contributed by atoms with Crippen molar-refractivity contribution >= 4 is 0 Å². The molecular formula is C12H24O2. The van der Waals surface area contributed by atoms with Gasteiger partial charge in [-0.1, -0.05) is 19.8 Å². The van der Waals surface area contributed by atoms with Crippen LogP contribution in [-0.2, 0) is 0 Å². The van der Waals surface area contributed by atoms with Crippen LogP contribution >= 0.6 is 0 Å². The summed E-state index contributed by atoms with van der Waals surface area (Å²) in [6, 6.07) is 0. The molecule has 0 aromatic heterocycles. The molecule has 2 heteroatoms. The molecule has 1 aliphatic carbocycles. The summed E-state index contributed by atoms with van der Waals surface area (Å²) in [6.45, 7) is 3.84. The first-order chi connectivity index (χ1) is 6.55. The second-order valence-electron chi connectivity index (χ2n) is 5.00. The van der Waals surface area contributed by atoms with Crippen LogP contribution in [-0.4, -0.2) is 21.9 Å². The fourth-order valence-electron chi connectivity index (χ4n) is 2.21. The molecule has 2 nitrogen and oxygen atoms in total. The highest BCUT2D eigenvalue weighted by molar-refractivity contribution is 4.78. The first-order valence-electron chi connectivity index (χ1n) is 5.95. The van der Waals surface area contributed by atoms with Crippen LogP contribution in [0.3, 0.4) is 0 Å². The number of aliphatic hydroxyl groups excluding tert-OH is 1. The van der Waals surface area contributed by atoms with Gasteiger partial charge in [-0.05, 0) is 44.9 Å². The third-order valence-electron chi connectivity index (χ3n) is 3.68. The number of hydrogen-bond donors (Lipinski definition) is 2. The predicted octanol–water partition coefficient (Wildman–Crippen LogP) is 2.48. The van der Waals surface area contributed by atoms with Crippen molar-refractivity contribution in [1.82, 2.24) is 0 Å². The normalized spacial score (nSPS) is 24.9. The standard InChI is InChI=1S/C12H24O2/c1-3-12(2,14)9-8-11(13)10-6-4-5-7-10/h10-11,13-14H,3-9H2,1-2H3. The second kappa shape index (κ2) is 5.13. The summed E-state index contributed by atoms with van der Waals surface area (Å²) in [5.74, 6) is 0.502. The molecule has 1 saturated carbocycles. The van der Waals surface area contributed by atoms with Crippen molar-refractivity contribution in [2.24, 2.45) is 5.92 Å². The Balaban J connectivity index is 2.23. The van der Waals surface area contributed by atoms with Crippen molar-refractivity contribution in [2.45, 2.75) is 70.5 Å².